The van der Waals surface area contributed by atoms with E-state index in [2.05, 4.69) is 15.3 Å². The molecule has 1 aromatic rings. The van der Waals surface area contributed by atoms with E-state index in [9.17, 15) is 0 Å². The van der Waals surface area contributed by atoms with Crippen LogP contribution in [0, 0.1) is 6.92 Å². The van der Waals surface area contributed by atoms with Crippen LogP contribution in [0.25, 0.3) is 0 Å². The smallest absolute Gasteiger partial charge is 0.0602 e. The first-order valence-corrected chi connectivity index (χ1v) is 3.75. The standard InChI is InChI=1S/C8H13N3/c1-7-5-10-6-8(11-7)3-4-9-2/h5-6,9H,3-4H2,1-2H3. The molecule has 0 aliphatic heterocycles. The van der Waals surface area contributed by atoms with Gasteiger partial charge in [-0.15, -0.1) is 0 Å². The van der Waals surface area contributed by atoms with Crippen LogP contribution < -0.4 is 5.32 Å². The molecule has 11 heavy (non-hydrogen) atoms. The van der Waals surface area contributed by atoms with Crippen LogP contribution in [0.15, 0.2) is 12.4 Å². The summed E-state index contributed by atoms with van der Waals surface area (Å²) in [6, 6.07) is 0. The molecule has 0 fully saturated rings. The molecule has 0 bridgehead atoms. The van der Waals surface area contributed by atoms with Crippen LogP contribution in [-0.2, 0) is 6.42 Å². The molecule has 0 saturated heterocycles. The van der Waals surface area contributed by atoms with Gasteiger partial charge in [0, 0.05) is 25.4 Å². The van der Waals surface area contributed by atoms with Crippen LogP contribution in [0.2, 0.25) is 0 Å². The van der Waals surface area contributed by atoms with Gasteiger partial charge in [0.15, 0.2) is 0 Å². The second kappa shape index (κ2) is 4.03. The highest BCUT2D eigenvalue weighted by molar-refractivity contribution is 5.01. The molecule has 1 aromatic heterocycles. The Morgan fingerprint density at radius 2 is 2.27 bits per heavy atom. The second-order valence-electron chi connectivity index (χ2n) is 2.51. The van der Waals surface area contributed by atoms with Crippen LogP contribution in [0.3, 0.4) is 0 Å². The monoisotopic (exact) mass is 151 g/mol. The van der Waals surface area contributed by atoms with E-state index in [1.807, 2.05) is 20.2 Å². The number of likely N-dealkylation sites (N-methyl/N-ethyl adjacent to an activating group) is 1. The summed E-state index contributed by atoms with van der Waals surface area (Å²) in [4.78, 5) is 8.36. The van der Waals surface area contributed by atoms with Crippen molar-refractivity contribution in [1.82, 2.24) is 15.3 Å². The number of hydrogen-bond donors (Lipinski definition) is 1. The number of aryl methyl sites for hydroxylation is 1. The van der Waals surface area contributed by atoms with Crippen LogP contribution in [0.1, 0.15) is 11.4 Å². The number of hydrogen-bond acceptors (Lipinski definition) is 3. The van der Waals surface area contributed by atoms with Crippen LogP contribution in [0.4, 0.5) is 0 Å². The SMILES string of the molecule is CNCCc1cncc(C)n1. The van der Waals surface area contributed by atoms with Gasteiger partial charge in [-0.2, -0.15) is 0 Å². The third kappa shape index (κ3) is 2.63. The van der Waals surface area contributed by atoms with E-state index in [0.717, 1.165) is 24.4 Å². The van der Waals surface area contributed by atoms with E-state index < -0.39 is 0 Å². The van der Waals surface area contributed by atoms with Gasteiger partial charge in [-0.05, 0) is 14.0 Å². The van der Waals surface area contributed by atoms with Gasteiger partial charge < -0.3 is 5.32 Å². The van der Waals surface area contributed by atoms with E-state index in [0.29, 0.717) is 0 Å². The minimum Gasteiger partial charge on any atom is -0.319 e. The normalized spacial score (nSPS) is 10.0. The maximum atomic E-state index is 4.31. The van der Waals surface area contributed by atoms with Gasteiger partial charge in [-0.25, -0.2) is 0 Å². The molecule has 0 aromatic carbocycles. The summed E-state index contributed by atoms with van der Waals surface area (Å²) in [5, 5.41) is 3.07. The van der Waals surface area contributed by atoms with E-state index in [4.69, 9.17) is 0 Å². The molecule has 0 saturated carbocycles. The molecule has 0 radical (unpaired) electrons. The molecule has 0 atom stereocenters. The summed E-state index contributed by atoms with van der Waals surface area (Å²) >= 11 is 0. The number of rotatable bonds is 3. The fourth-order valence-corrected chi connectivity index (χ4v) is 0.889. The zero-order valence-corrected chi connectivity index (χ0v) is 6.96. The lowest BCUT2D eigenvalue weighted by molar-refractivity contribution is 0.769. The van der Waals surface area contributed by atoms with Crippen molar-refractivity contribution in [2.75, 3.05) is 13.6 Å². The summed E-state index contributed by atoms with van der Waals surface area (Å²) in [7, 11) is 1.93. The lowest BCUT2D eigenvalue weighted by Gasteiger charge is -1.99. The quantitative estimate of drug-likeness (QED) is 0.685. The van der Waals surface area contributed by atoms with Gasteiger partial charge in [-0.3, -0.25) is 9.97 Å². The molecule has 1 heterocycles. The van der Waals surface area contributed by atoms with Gasteiger partial charge in [0.05, 0.1) is 11.4 Å². The molecule has 0 aliphatic rings. The van der Waals surface area contributed by atoms with Crippen LogP contribution >= 0.6 is 0 Å². The van der Waals surface area contributed by atoms with Crippen molar-refractivity contribution in [2.45, 2.75) is 13.3 Å². The topological polar surface area (TPSA) is 37.8 Å². The van der Waals surface area contributed by atoms with Crippen LogP contribution in [0.5, 0.6) is 0 Å². The Labute approximate surface area is 66.9 Å². The molecule has 0 aliphatic carbocycles. The Morgan fingerprint density at radius 3 is 2.91 bits per heavy atom. The lowest BCUT2D eigenvalue weighted by atomic mass is 10.3. The fraction of sp³-hybridized carbons (Fsp3) is 0.500. The average molecular weight is 151 g/mol. The molecule has 0 unspecified atom stereocenters. The molecule has 60 valence electrons. The molecule has 3 heteroatoms. The highest BCUT2D eigenvalue weighted by Crippen LogP contribution is 1.94. The highest BCUT2D eigenvalue weighted by atomic mass is 14.8. The van der Waals surface area contributed by atoms with Crippen molar-refractivity contribution >= 4 is 0 Å². The fourth-order valence-electron chi connectivity index (χ4n) is 0.889. The first kappa shape index (κ1) is 8.14. The van der Waals surface area contributed by atoms with E-state index in [1.54, 1.807) is 6.20 Å². The van der Waals surface area contributed by atoms with Gasteiger partial charge >= 0.3 is 0 Å². The number of aromatic nitrogens is 2. The van der Waals surface area contributed by atoms with Crippen LogP contribution in [-0.4, -0.2) is 23.6 Å². The minimum atomic E-state index is 0.950. The van der Waals surface area contributed by atoms with Gasteiger partial charge in [-0.1, -0.05) is 0 Å². The number of nitrogens with one attached hydrogen (secondary N) is 1. The highest BCUT2D eigenvalue weighted by Gasteiger charge is 1.93. The summed E-state index contributed by atoms with van der Waals surface area (Å²) < 4.78 is 0. The summed E-state index contributed by atoms with van der Waals surface area (Å²) in [6.07, 6.45) is 4.53. The van der Waals surface area contributed by atoms with Crippen molar-refractivity contribution in [3.8, 4) is 0 Å². The van der Waals surface area contributed by atoms with Gasteiger partial charge in [0.1, 0.15) is 0 Å². The predicted molar refractivity (Wildman–Crippen MR) is 44.4 cm³/mol. The predicted octanol–water partition coefficient (Wildman–Crippen LogP) is 0.547. The Morgan fingerprint density at radius 1 is 1.45 bits per heavy atom. The van der Waals surface area contributed by atoms with Crippen molar-refractivity contribution in [2.24, 2.45) is 0 Å². The third-order valence-electron chi connectivity index (χ3n) is 1.44. The van der Waals surface area contributed by atoms with Gasteiger partial charge in [0.2, 0.25) is 0 Å². The zero-order valence-electron chi connectivity index (χ0n) is 6.96. The average Bonchev–Trinajstić information content (AvgIpc) is 2.01. The Hall–Kier alpha value is -0.960. The van der Waals surface area contributed by atoms with Crippen molar-refractivity contribution < 1.29 is 0 Å². The maximum absolute atomic E-state index is 4.31. The zero-order chi connectivity index (χ0) is 8.10. The van der Waals surface area contributed by atoms with Crippen molar-refractivity contribution in [3.63, 3.8) is 0 Å². The molecule has 1 N–H and O–H groups in total. The lowest BCUT2D eigenvalue weighted by Crippen LogP contribution is -2.11. The minimum absolute atomic E-state index is 0.950. The van der Waals surface area contributed by atoms with Crippen molar-refractivity contribution in [1.29, 1.82) is 0 Å². The van der Waals surface area contributed by atoms with E-state index >= 15 is 0 Å². The molecular weight excluding hydrogens is 138 g/mol. The Balaban J connectivity index is 2.56. The van der Waals surface area contributed by atoms with E-state index in [-0.39, 0.29) is 0 Å². The summed E-state index contributed by atoms with van der Waals surface area (Å²) in [5.41, 5.74) is 2.04. The Kier molecular flexibility index (Phi) is 2.98. The molecule has 0 amide bonds. The van der Waals surface area contributed by atoms with Gasteiger partial charge in [0.25, 0.3) is 0 Å². The first-order valence-electron chi connectivity index (χ1n) is 3.75. The second-order valence-corrected chi connectivity index (χ2v) is 2.51. The van der Waals surface area contributed by atoms with E-state index in [1.165, 1.54) is 0 Å². The Bertz CT molecular complexity index is 222. The molecule has 0 spiro atoms. The summed E-state index contributed by atoms with van der Waals surface area (Å²) in [5.74, 6) is 0. The third-order valence-corrected chi connectivity index (χ3v) is 1.44. The molecular formula is C8H13N3. The maximum Gasteiger partial charge on any atom is 0.0602 e. The molecule has 1 rings (SSSR count). The summed E-state index contributed by atoms with van der Waals surface area (Å²) in [6.45, 7) is 2.91. The largest absolute Gasteiger partial charge is 0.319 e. The van der Waals surface area contributed by atoms with Crippen molar-refractivity contribution in [3.05, 3.63) is 23.8 Å². The number of nitrogens with zero attached hydrogens (tertiary/aromatic N) is 2. The first-order chi connectivity index (χ1) is 5.33. The molecule has 3 nitrogen and oxygen atoms in total.